The summed E-state index contributed by atoms with van der Waals surface area (Å²) in [5.74, 6) is -0.719. The molecule has 0 aliphatic rings. The largest absolute Gasteiger partial charge is 0.480 e. The van der Waals surface area contributed by atoms with E-state index < -0.39 is 12.0 Å². The third kappa shape index (κ3) is 2.88. The molecule has 1 aromatic heterocycles. The summed E-state index contributed by atoms with van der Waals surface area (Å²) in [6, 6.07) is -0.705. The molecule has 0 fully saturated rings. The summed E-state index contributed by atoms with van der Waals surface area (Å²) in [6.45, 7) is 7.25. The van der Waals surface area contributed by atoms with Crippen molar-refractivity contribution in [1.29, 1.82) is 0 Å². The Labute approximate surface area is 94.1 Å². The molecule has 1 atom stereocenters. The predicted molar refractivity (Wildman–Crippen MR) is 59.2 cm³/mol. The van der Waals surface area contributed by atoms with Gasteiger partial charge in [-0.05, 0) is 19.8 Å². The number of aliphatic carboxylic acids is 1. The highest BCUT2D eigenvalue weighted by Crippen LogP contribution is 2.09. The van der Waals surface area contributed by atoms with Crippen LogP contribution < -0.4 is 5.32 Å². The van der Waals surface area contributed by atoms with Gasteiger partial charge in [0, 0.05) is 0 Å². The van der Waals surface area contributed by atoms with Gasteiger partial charge in [0.05, 0.1) is 11.4 Å². The first-order chi connectivity index (χ1) is 7.41. The Morgan fingerprint density at radius 2 is 1.88 bits per heavy atom. The van der Waals surface area contributed by atoms with E-state index in [1.54, 1.807) is 13.8 Å². The normalized spacial score (nSPS) is 12.6. The number of nitrogens with one attached hydrogen (secondary N) is 1. The number of hydrogen-bond donors (Lipinski definition) is 2. The fourth-order valence-corrected chi connectivity index (χ4v) is 1.17. The first-order valence-corrected chi connectivity index (χ1v) is 5.09. The van der Waals surface area contributed by atoms with Crippen LogP contribution >= 0.6 is 0 Å². The van der Waals surface area contributed by atoms with Gasteiger partial charge in [-0.1, -0.05) is 13.8 Å². The van der Waals surface area contributed by atoms with Gasteiger partial charge < -0.3 is 10.4 Å². The van der Waals surface area contributed by atoms with Gasteiger partial charge in [0.15, 0.2) is 0 Å². The zero-order chi connectivity index (χ0) is 12.3. The van der Waals surface area contributed by atoms with Gasteiger partial charge in [-0.3, -0.25) is 0 Å². The van der Waals surface area contributed by atoms with E-state index >= 15 is 0 Å². The quantitative estimate of drug-likeness (QED) is 0.793. The number of anilines is 1. The number of hydrogen-bond acceptors (Lipinski definition) is 5. The maximum Gasteiger partial charge on any atom is 0.326 e. The van der Waals surface area contributed by atoms with E-state index in [9.17, 15) is 4.79 Å². The topological polar surface area (TPSA) is 88.0 Å². The molecule has 16 heavy (non-hydrogen) atoms. The molecule has 0 bridgehead atoms. The Kier molecular flexibility index (Phi) is 3.76. The van der Waals surface area contributed by atoms with Crippen molar-refractivity contribution in [3.8, 4) is 0 Å². The Hall–Kier alpha value is -1.72. The number of rotatable bonds is 4. The molecular formula is C10H16N4O2. The Balaban J connectivity index is 2.86. The van der Waals surface area contributed by atoms with Gasteiger partial charge in [-0.15, -0.1) is 5.10 Å². The number of carboxylic acid groups (broad SMARTS) is 1. The van der Waals surface area contributed by atoms with Crippen molar-refractivity contribution in [2.24, 2.45) is 5.92 Å². The average Bonchev–Trinajstić information content (AvgIpc) is 2.18. The van der Waals surface area contributed by atoms with Crippen LogP contribution in [0.25, 0.3) is 0 Å². The highest BCUT2D eigenvalue weighted by molar-refractivity contribution is 5.76. The molecule has 0 aliphatic carbocycles. The third-order valence-electron chi connectivity index (χ3n) is 2.31. The van der Waals surface area contributed by atoms with Gasteiger partial charge in [0.25, 0.3) is 0 Å². The summed E-state index contributed by atoms with van der Waals surface area (Å²) >= 11 is 0. The fraction of sp³-hybridized carbons (Fsp3) is 0.600. The molecule has 0 saturated heterocycles. The molecule has 0 spiro atoms. The summed E-state index contributed by atoms with van der Waals surface area (Å²) in [7, 11) is 0. The van der Waals surface area contributed by atoms with Crippen molar-refractivity contribution < 1.29 is 9.90 Å². The average molecular weight is 224 g/mol. The molecule has 6 nitrogen and oxygen atoms in total. The second-order valence-electron chi connectivity index (χ2n) is 4.01. The maximum absolute atomic E-state index is 11.0. The highest BCUT2D eigenvalue weighted by Gasteiger charge is 2.22. The van der Waals surface area contributed by atoms with Crippen LogP contribution in [0.2, 0.25) is 0 Å². The van der Waals surface area contributed by atoms with Crippen LogP contribution in [0.4, 0.5) is 5.95 Å². The van der Waals surface area contributed by atoms with Crippen molar-refractivity contribution in [3.63, 3.8) is 0 Å². The monoisotopic (exact) mass is 224 g/mol. The van der Waals surface area contributed by atoms with Gasteiger partial charge in [-0.25, -0.2) is 9.78 Å². The lowest BCUT2D eigenvalue weighted by Crippen LogP contribution is -2.35. The predicted octanol–water partition coefficient (Wildman–Crippen LogP) is 1.01. The minimum absolute atomic E-state index is 0.0530. The lowest BCUT2D eigenvalue weighted by molar-refractivity contribution is -0.138. The van der Waals surface area contributed by atoms with Crippen LogP contribution in [-0.2, 0) is 4.79 Å². The Bertz CT molecular complexity index is 392. The first kappa shape index (κ1) is 12.4. The van der Waals surface area contributed by atoms with Crippen LogP contribution in [0, 0.1) is 19.8 Å². The van der Waals surface area contributed by atoms with E-state index in [0.717, 1.165) is 11.4 Å². The lowest BCUT2D eigenvalue weighted by atomic mass is 10.1. The summed E-state index contributed by atoms with van der Waals surface area (Å²) in [5, 5.41) is 19.4. The summed E-state index contributed by atoms with van der Waals surface area (Å²) in [5.41, 5.74) is 1.48. The van der Waals surface area contributed by atoms with E-state index in [2.05, 4.69) is 20.5 Å². The van der Waals surface area contributed by atoms with E-state index in [4.69, 9.17) is 5.11 Å². The van der Waals surface area contributed by atoms with E-state index in [0.29, 0.717) is 0 Å². The van der Waals surface area contributed by atoms with Crippen molar-refractivity contribution in [1.82, 2.24) is 15.2 Å². The zero-order valence-corrected chi connectivity index (χ0v) is 9.85. The van der Waals surface area contributed by atoms with E-state index in [1.165, 1.54) is 0 Å². The SMILES string of the molecule is Cc1nnc(NC(C(=O)O)C(C)C)nc1C. The minimum atomic E-state index is -0.920. The maximum atomic E-state index is 11.0. The van der Waals surface area contributed by atoms with Crippen LogP contribution in [0.3, 0.4) is 0 Å². The molecule has 88 valence electrons. The van der Waals surface area contributed by atoms with Gasteiger partial charge in [0.2, 0.25) is 5.95 Å². The molecule has 1 unspecified atom stereocenters. The number of carbonyl (C=O) groups is 1. The van der Waals surface area contributed by atoms with Crippen molar-refractivity contribution in [2.45, 2.75) is 33.7 Å². The van der Waals surface area contributed by atoms with Crippen LogP contribution in [0.15, 0.2) is 0 Å². The van der Waals surface area contributed by atoms with Crippen LogP contribution in [-0.4, -0.2) is 32.3 Å². The molecule has 1 rings (SSSR count). The van der Waals surface area contributed by atoms with Gasteiger partial charge in [-0.2, -0.15) is 5.10 Å². The molecule has 0 radical (unpaired) electrons. The van der Waals surface area contributed by atoms with Crippen LogP contribution in [0.5, 0.6) is 0 Å². The molecule has 0 saturated carbocycles. The number of aromatic nitrogens is 3. The van der Waals surface area contributed by atoms with Gasteiger partial charge in [0.1, 0.15) is 6.04 Å². The second-order valence-corrected chi connectivity index (χ2v) is 4.01. The lowest BCUT2D eigenvalue weighted by Gasteiger charge is -2.17. The summed E-state index contributed by atoms with van der Waals surface area (Å²) in [4.78, 5) is 15.1. The van der Waals surface area contributed by atoms with Gasteiger partial charge >= 0.3 is 5.97 Å². The highest BCUT2D eigenvalue weighted by atomic mass is 16.4. The molecule has 0 aromatic carbocycles. The molecular weight excluding hydrogens is 208 g/mol. The standard InChI is InChI=1S/C10H16N4O2/c1-5(2)8(9(15)16)12-10-11-6(3)7(4)13-14-10/h5,8H,1-4H3,(H,15,16)(H,11,12,14). The van der Waals surface area contributed by atoms with E-state index in [-0.39, 0.29) is 11.9 Å². The third-order valence-corrected chi connectivity index (χ3v) is 2.31. The molecule has 2 N–H and O–H groups in total. The number of nitrogens with zero attached hydrogens (tertiary/aromatic N) is 3. The van der Waals surface area contributed by atoms with Crippen LogP contribution in [0.1, 0.15) is 25.2 Å². The first-order valence-electron chi connectivity index (χ1n) is 5.09. The minimum Gasteiger partial charge on any atom is -0.480 e. The molecule has 6 heteroatoms. The molecule has 1 aromatic rings. The van der Waals surface area contributed by atoms with Crippen molar-refractivity contribution >= 4 is 11.9 Å². The molecule has 1 heterocycles. The smallest absolute Gasteiger partial charge is 0.326 e. The summed E-state index contributed by atoms with van der Waals surface area (Å²) in [6.07, 6.45) is 0. The number of aryl methyl sites for hydroxylation is 2. The number of carboxylic acids is 1. The Morgan fingerprint density at radius 1 is 1.25 bits per heavy atom. The molecule has 0 aliphatic heterocycles. The fourth-order valence-electron chi connectivity index (χ4n) is 1.17. The Morgan fingerprint density at radius 3 is 2.31 bits per heavy atom. The van der Waals surface area contributed by atoms with Crippen molar-refractivity contribution in [3.05, 3.63) is 11.4 Å². The van der Waals surface area contributed by atoms with Crippen molar-refractivity contribution in [2.75, 3.05) is 5.32 Å². The molecule has 0 amide bonds. The zero-order valence-electron chi connectivity index (χ0n) is 9.85. The van der Waals surface area contributed by atoms with E-state index in [1.807, 2.05) is 13.8 Å². The second kappa shape index (κ2) is 4.87. The summed E-state index contributed by atoms with van der Waals surface area (Å²) < 4.78 is 0.